The Morgan fingerprint density at radius 3 is 2.84 bits per heavy atom. The molecule has 0 saturated carbocycles. The predicted octanol–water partition coefficient (Wildman–Crippen LogP) is 1.84. The average molecular weight is 262 g/mol. The van der Waals surface area contributed by atoms with Crippen molar-refractivity contribution in [1.82, 2.24) is 4.90 Å². The van der Waals surface area contributed by atoms with Crippen LogP contribution in [0.2, 0.25) is 0 Å². The van der Waals surface area contributed by atoms with Gasteiger partial charge >= 0.3 is 0 Å². The van der Waals surface area contributed by atoms with Crippen molar-refractivity contribution in [2.75, 3.05) is 27.3 Å². The Hall–Kier alpha value is -2.22. The summed E-state index contributed by atoms with van der Waals surface area (Å²) in [6, 6.07) is 9.24. The molecular weight excluding hydrogens is 244 g/mol. The number of nitriles is 1. The molecule has 0 aliphatic heterocycles. The first kappa shape index (κ1) is 14.8. The largest absolute Gasteiger partial charge is 0.497 e. The Labute approximate surface area is 113 Å². The molecule has 0 aliphatic rings. The Kier molecular flexibility index (Phi) is 6.23. The Balaban J connectivity index is 2.33. The molecule has 102 valence electrons. The van der Waals surface area contributed by atoms with Crippen molar-refractivity contribution in [3.05, 3.63) is 24.3 Å². The van der Waals surface area contributed by atoms with Gasteiger partial charge in [0.25, 0.3) is 0 Å². The van der Waals surface area contributed by atoms with Crippen LogP contribution >= 0.6 is 0 Å². The fourth-order valence-electron chi connectivity index (χ4n) is 1.48. The van der Waals surface area contributed by atoms with Crippen molar-refractivity contribution in [3.63, 3.8) is 0 Å². The lowest BCUT2D eigenvalue weighted by Crippen LogP contribution is -2.28. The molecule has 0 unspecified atom stereocenters. The summed E-state index contributed by atoms with van der Waals surface area (Å²) in [5, 5.41) is 8.45. The first-order chi connectivity index (χ1) is 9.17. The van der Waals surface area contributed by atoms with Crippen molar-refractivity contribution in [2.24, 2.45) is 0 Å². The monoisotopic (exact) mass is 262 g/mol. The fraction of sp³-hybridized carbons (Fsp3) is 0.429. The van der Waals surface area contributed by atoms with E-state index in [1.807, 2.05) is 24.3 Å². The molecule has 0 spiro atoms. The zero-order chi connectivity index (χ0) is 14.1. The molecule has 5 heteroatoms. The summed E-state index contributed by atoms with van der Waals surface area (Å²) >= 11 is 0. The quantitative estimate of drug-likeness (QED) is 0.752. The summed E-state index contributed by atoms with van der Waals surface area (Å²) in [4.78, 5) is 13.2. The lowest BCUT2D eigenvalue weighted by Gasteiger charge is -2.15. The number of nitrogens with zero attached hydrogens (tertiary/aromatic N) is 2. The van der Waals surface area contributed by atoms with Gasteiger partial charge in [0.1, 0.15) is 11.5 Å². The van der Waals surface area contributed by atoms with E-state index in [-0.39, 0.29) is 5.91 Å². The summed E-state index contributed by atoms with van der Waals surface area (Å²) in [6.07, 6.45) is 0.637. The standard InChI is InChI=1S/C14H18N2O3/c1-16(9-4-8-15)14(17)7-10-19-13-6-3-5-12(11-13)18-2/h3,5-6,11H,4,7,9-10H2,1-2H3. The molecule has 0 aromatic heterocycles. The van der Waals surface area contributed by atoms with E-state index in [2.05, 4.69) is 0 Å². The van der Waals surface area contributed by atoms with Crippen LogP contribution in [0.1, 0.15) is 12.8 Å². The van der Waals surface area contributed by atoms with E-state index in [0.29, 0.717) is 31.7 Å². The lowest BCUT2D eigenvalue weighted by atomic mass is 10.3. The first-order valence-electron chi connectivity index (χ1n) is 6.05. The molecule has 0 radical (unpaired) electrons. The molecule has 19 heavy (non-hydrogen) atoms. The van der Waals surface area contributed by atoms with E-state index in [1.165, 1.54) is 4.90 Å². The second-order valence-corrected chi connectivity index (χ2v) is 4.00. The number of benzene rings is 1. The Morgan fingerprint density at radius 2 is 2.16 bits per heavy atom. The number of methoxy groups -OCH3 is 1. The smallest absolute Gasteiger partial charge is 0.225 e. The maximum atomic E-state index is 11.7. The van der Waals surface area contributed by atoms with Crippen LogP contribution in [0.4, 0.5) is 0 Å². The minimum atomic E-state index is -0.0295. The van der Waals surface area contributed by atoms with Crippen LogP contribution < -0.4 is 9.47 Å². The van der Waals surface area contributed by atoms with Gasteiger partial charge in [0.15, 0.2) is 0 Å². The zero-order valence-electron chi connectivity index (χ0n) is 11.3. The van der Waals surface area contributed by atoms with Crippen molar-refractivity contribution in [1.29, 1.82) is 5.26 Å². The van der Waals surface area contributed by atoms with Crippen LogP contribution in [0.15, 0.2) is 24.3 Å². The van der Waals surface area contributed by atoms with Crippen molar-refractivity contribution in [3.8, 4) is 17.6 Å². The molecule has 1 aromatic rings. The van der Waals surface area contributed by atoms with E-state index in [4.69, 9.17) is 14.7 Å². The highest BCUT2D eigenvalue weighted by molar-refractivity contribution is 5.75. The van der Waals surface area contributed by atoms with Gasteiger partial charge in [-0.25, -0.2) is 0 Å². The number of ether oxygens (including phenoxy) is 2. The third-order valence-electron chi connectivity index (χ3n) is 2.61. The number of carbonyl (C=O) groups excluding carboxylic acids is 1. The summed E-state index contributed by atoms with van der Waals surface area (Å²) in [5.74, 6) is 1.36. The van der Waals surface area contributed by atoms with Gasteiger partial charge in [0.05, 0.1) is 32.6 Å². The van der Waals surface area contributed by atoms with Gasteiger partial charge in [0, 0.05) is 19.7 Å². The highest BCUT2D eigenvalue weighted by Gasteiger charge is 2.08. The van der Waals surface area contributed by atoms with Crippen molar-refractivity contribution < 1.29 is 14.3 Å². The molecular formula is C14H18N2O3. The molecule has 0 fully saturated rings. The Bertz CT molecular complexity index is 454. The summed E-state index contributed by atoms with van der Waals surface area (Å²) in [7, 11) is 3.28. The van der Waals surface area contributed by atoms with Crippen LogP contribution in [0.3, 0.4) is 0 Å². The first-order valence-corrected chi connectivity index (χ1v) is 6.05. The predicted molar refractivity (Wildman–Crippen MR) is 71.0 cm³/mol. The van der Waals surface area contributed by atoms with Gasteiger partial charge in [0.2, 0.25) is 5.91 Å². The van der Waals surface area contributed by atoms with Crippen LogP contribution in [-0.4, -0.2) is 38.1 Å². The molecule has 0 heterocycles. The molecule has 1 rings (SSSR count). The topological polar surface area (TPSA) is 62.6 Å². The molecule has 5 nitrogen and oxygen atoms in total. The van der Waals surface area contributed by atoms with E-state index in [1.54, 1.807) is 20.2 Å². The molecule has 1 amide bonds. The SMILES string of the molecule is COc1cccc(OCCC(=O)N(C)CCC#N)c1. The van der Waals surface area contributed by atoms with Crippen molar-refractivity contribution in [2.45, 2.75) is 12.8 Å². The van der Waals surface area contributed by atoms with E-state index >= 15 is 0 Å². The lowest BCUT2D eigenvalue weighted by molar-refractivity contribution is -0.130. The molecule has 0 aliphatic carbocycles. The minimum Gasteiger partial charge on any atom is -0.497 e. The number of rotatable bonds is 7. The van der Waals surface area contributed by atoms with Crippen LogP contribution in [-0.2, 0) is 4.79 Å². The van der Waals surface area contributed by atoms with Gasteiger partial charge in [-0.2, -0.15) is 5.26 Å². The van der Waals surface area contributed by atoms with E-state index < -0.39 is 0 Å². The fourth-order valence-corrected chi connectivity index (χ4v) is 1.48. The molecule has 0 saturated heterocycles. The highest BCUT2D eigenvalue weighted by Crippen LogP contribution is 2.18. The molecule has 0 bridgehead atoms. The van der Waals surface area contributed by atoms with E-state index in [0.717, 1.165) is 5.75 Å². The zero-order valence-corrected chi connectivity index (χ0v) is 11.3. The maximum Gasteiger partial charge on any atom is 0.225 e. The van der Waals surface area contributed by atoms with Crippen molar-refractivity contribution >= 4 is 5.91 Å². The third kappa shape index (κ3) is 5.30. The van der Waals surface area contributed by atoms with Gasteiger partial charge in [-0.15, -0.1) is 0 Å². The summed E-state index contributed by atoms with van der Waals surface area (Å²) in [6.45, 7) is 0.761. The number of hydrogen-bond donors (Lipinski definition) is 0. The van der Waals surface area contributed by atoms with Gasteiger partial charge in [-0.1, -0.05) is 6.07 Å². The number of hydrogen-bond acceptors (Lipinski definition) is 4. The number of carbonyl (C=O) groups is 1. The van der Waals surface area contributed by atoms with Crippen LogP contribution in [0.25, 0.3) is 0 Å². The maximum absolute atomic E-state index is 11.7. The van der Waals surface area contributed by atoms with Crippen LogP contribution in [0, 0.1) is 11.3 Å². The molecule has 1 aromatic carbocycles. The minimum absolute atomic E-state index is 0.0295. The van der Waals surface area contributed by atoms with Gasteiger partial charge < -0.3 is 14.4 Å². The van der Waals surface area contributed by atoms with Gasteiger partial charge in [-0.3, -0.25) is 4.79 Å². The summed E-state index contributed by atoms with van der Waals surface area (Å²) < 4.78 is 10.6. The summed E-state index contributed by atoms with van der Waals surface area (Å²) in [5.41, 5.74) is 0. The molecule has 0 atom stereocenters. The average Bonchev–Trinajstić information content (AvgIpc) is 2.44. The highest BCUT2D eigenvalue weighted by atomic mass is 16.5. The second kappa shape index (κ2) is 7.98. The number of amides is 1. The normalized spacial score (nSPS) is 9.53. The second-order valence-electron chi connectivity index (χ2n) is 4.00. The van der Waals surface area contributed by atoms with E-state index in [9.17, 15) is 4.79 Å². The Morgan fingerprint density at radius 1 is 1.42 bits per heavy atom. The van der Waals surface area contributed by atoms with Crippen LogP contribution in [0.5, 0.6) is 11.5 Å². The van der Waals surface area contributed by atoms with Gasteiger partial charge in [-0.05, 0) is 12.1 Å². The third-order valence-corrected chi connectivity index (χ3v) is 2.61. The molecule has 0 N–H and O–H groups in total.